The van der Waals surface area contributed by atoms with Gasteiger partial charge >= 0.3 is 0 Å². The number of rotatable bonds is 5. The lowest BCUT2D eigenvalue weighted by atomic mass is 9.93. The van der Waals surface area contributed by atoms with Crippen molar-refractivity contribution in [3.63, 3.8) is 0 Å². The molecule has 0 unspecified atom stereocenters. The second kappa shape index (κ2) is 5.36. The van der Waals surface area contributed by atoms with Gasteiger partial charge < -0.3 is 16.0 Å². The summed E-state index contributed by atoms with van der Waals surface area (Å²) in [5.41, 5.74) is 7.11. The fraction of sp³-hybridized carbons (Fsp3) is 0.538. The molecule has 0 bridgehead atoms. The molecule has 0 aliphatic carbocycles. The fourth-order valence-corrected chi connectivity index (χ4v) is 1.94. The Morgan fingerprint density at radius 2 is 2.00 bits per heavy atom. The van der Waals surface area contributed by atoms with Crippen molar-refractivity contribution < 1.29 is 4.39 Å². The van der Waals surface area contributed by atoms with Crippen LogP contribution in [0.2, 0.25) is 0 Å². The highest BCUT2D eigenvalue weighted by atomic mass is 19.1. The van der Waals surface area contributed by atoms with Crippen molar-refractivity contribution in [1.29, 1.82) is 0 Å². The summed E-state index contributed by atoms with van der Waals surface area (Å²) in [5.74, 6) is -0.305. The zero-order chi connectivity index (χ0) is 13.1. The van der Waals surface area contributed by atoms with E-state index in [-0.39, 0.29) is 11.2 Å². The molecule has 0 atom stereocenters. The Labute approximate surface area is 103 Å². The van der Waals surface area contributed by atoms with Crippen molar-refractivity contribution in [1.82, 2.24) is 4.90 Å². The highest BCUT2D eigenvalue weighted by Gasteiger charge is 2.18. The molecule has 3 N–H and O–H groups in total. The molecule has 0 aliphatic rings. The zero-order valence-corrected chi connectivity index (χ0v) is 11.0. The van der Waals surface area contributed by atoms with E-state index in [9.17, 15) is 4.39 Å². The molecular weight excluding hydrogens is 217 g/mol. The largest absolute Gasteiger partial charge is 0.397 e. The summed E-state index contributed by atoms with van der Waals surface area (Å²) in [5, 5.41) is 3.27. The van der Waals surface area contributed by atoms with Gasteiger partial charge in [0.05, 0.1) is 11.4 Å². The third-order valence-corrected chi connectivity index (χ3v) is 2.52. The maximum Gasteiger partial charge on any atom is 0.125 e. The van der Waals surface area contributed by atoms with Crippen LogP contribution < -0.4 is 11.1 Å². The number of nitrogens with two attached hydrogens (primary N) is 1. The van der Waals surface area contributed by atoms with E-state index in [2.05, 4.69) is 24.1 Å². The molecule has 0 spiro atoms. The summed E-state index contributed by atoms with van der Waals surface area (Å²) in [7, 11) is 4.10. The highest BCUT2D eigenvalue weighted by Crippen LogP contribution is 2.22. The molecule has 0 heterocycles. The first kappa shape index (κ1) is 13.8. The minimum atomic E-state index is -0.305. The van der Waals surface area contributed by atoms with E-state index in [1.165, 1.54) is 12.1 Å². The summed E-state index contributed by atoms with van der Waals surface area (Å²) in [4.78, 5) is 2.15. The third kappa shape index (κ3) is 4.61. The lowest BCUT2D eigenvalue weighted by Gasteiger charge is -2.29. The first-order valence-electron chi connectivity index (χ1n) is 5.74. The van der Waals surface area contributed by atoms with Crippen molar-refractivity contribution in [3.8, 4) is 0 Å². The molecule has 0 aliphatic heterocycles. The Bertz CT molecular complexity index is 375. The van der Waals surface area contributed by atoms with E-state index in [1.807, 2.05) is 14.1 Å². The molecule has 1 rings (SSSR count). The van der Waals surface area contributed by atoms with Crippen LogP contribution in [0.4, 0.5) is 15.8 Å². The van der Waals surface area contributed by atoms with Crippen LogP contribution in [-0.4, -0.2) is 32.1 Å². The molecule has 0 amide bonds. The Kier molecular flexibility index (Phi) is 4.34. The molecule has 1 aromatic carbocycles. The van der Waals surface area contributed by atoms with E-state index in [0.29, 0.717) is 5.69 Å². The molecule has 17 heavy (non-hydrogen) atoms. The Morgan fingerprint density at radius 1 is 1.35 bits per heavy atom. The Balaban J connectivity index is 2.61. The van der Waals surface area contributed by atoms with Crippen molar-refractivity contribution >= 4 is 11.4 Å². The number of nitrogen functional groups attached to an aromatic ring is 1. The number of hydrogen-bond acceptors (Lipinski definition) is 3. The van der Waals surface area contributed by atoms with Gasteiger partial charge in [0, 0.05) is 13.1 Å². The van der Waals surface area contributed by atoms with Crippen molar-refractivity contribution in [2.45, 2.75) is 13.8 Å². The molecule has 3 nitrogen and oxygen atoms in total. The fourth-order valence-electron chi connectivity index (χ4n) is 1.94. The standard InChI is InChI=1S/C13H22FN3/c1-13(2,9-17(3)4)8-16-12-6-5-10(14)7-11(12)15/h5-7,16H,8-9,15H2,1-4H3. The monoisotopic (exact) mass is 239 g/mol. The van der Waals surface area contributed by atoms with Crippen LogP contribution in [0.1, 0.15) is 13.8 Å². The molecule has 0 radical (unpaired) electrons. The predicted molar refractivity (Wildman–Crippen MR) is 71.6 cm³/mol. The SMILES string of the molecule is CN(C)CC(C)(C)CNc1ccc(F)cc1N. The average Bonchev–Trinajstić information content (AvgIpc) is 2.14. The normalized spacial score (nSPS) is 11.9. The summed E-state index contributed by atoms with van der Waals surface area (Å²) in [6.07, 6.45) is 0. The molecule has 4 heteroatoms. The van der Waals surface area contributed by atoms with Crippen molar-refractivity contribution in [2.75, 3.05) is 38.2 Å². The number of anilines is 2. The van der Waals surface area contributed by atoms with Gasteiger partial charge in [0.15, 0.2) is 0 Å². The van der Waals surface area contributed by atoms with E-state index in [4.69, 9.17) is 5.73 Å². The van der Waals surface area contributed by atoms with Crippen LogP contribution in [0.25, 0.3) is 0 Å². The summed E-state index contributed by atoms with van der Waals surface area (Å²) in [6, 6.07) is 4.43. The maximum absolute atomic E-state index is 12.9. The second-order valence-electron chi connectivity index (χ2n) is 5.49. The maximum atomic E-state index is 12.9. The van der Waals surface area contributed by atoms with Crippen LogP contribution in [0, 0.1) is 11.2 Å². The van der Waals surface area contributed by atoms with Gasteiger partial charge in [-0.15, -0.1) is 0 Å². The molecule has 0 saturated carbocycles. The predicted octanol–water partition coefficient (Wildman–Crippen LogP) is 2.41. The van der Waals surface area contributed by atoms with E-state index < -0.39 is 0 Å². The first-order valence-corrected chi connectivity index (χ1v) is 5.74. The van der Waals surface area contributed by atoms with Gasteiger partial charge in [-0.25, -0.2) is 4.39 Å². The number of hydrogen-bond donors (Lipinski definition) is 2. The van der Waals surface area contributed by atoms with E-state index in [0.717, 1.165) is 18.8 Å². The van der Waals surface area contributed by atoms with Gasteiger partial charge in [0.1, 0.15) is 5.82 Å². The number of halogens is 1. The zero-order valence-electron chi connectivity index (χ0n) is 11.0. The van der Waals surface area contributed by atoms with Gasteiger partial charge in [0.2, 0.25) is 0 Å². The Morgan fingerprint density at radius 3 is 2.53 bits per heavy atom. The first-order chi connectivity index (χ1) is 7.80. The van der Waals surface area contributed by atoms with Crippen LogP contribution in [-0.2, 0) is 0 Å². The van der Waals surface area contributed by atoms with Gasteiger partial charge in [-0.1, -0.05) is 13.8 Å². The lowest BCUT2D eigenvalue weighted by Crippen LogP contribution is -2.34. The summed E-state index contributed by atoms with van der Waals surface area (Å²) in [6.45, 7) is 6.13. The quantitative estimate of drug-likeness (QED) is 0.775. The average molecular weight is 239 g/mol. The molecule has 1 aromatic rings. The number of nitrogens with one attached hydrogen (secondary N) is 1. The minimum Gasteiger partial charge on any atom is -0.397 e. The van der Waals surface area contributed by atoms with Crippen LogP contribution >= 0.6 is 0 Å². The molecule has 0 fully saturated rings. The third-order valence-electron chi connectivity index (χ3n) is 2.52. The lowest BCUT2D eigenvalue weighted by molar-refractivity contribution is 0.254. The van der Waals surface area contributed by atoms with Crippen molar-refractivity contribution in [3.05, 3.63) is 24.0 Å². The van der Waals surface area contributed by atoms with Gasteiger partial charge in [-0.05, 0) is 37.7 Å². The molecule has 0 aromatic heterocycles. The molecule has 0 saturated heterocycles. The molecular formula is C13H22FN3. The van der Waals surface area contributed by atoms with E-state index >= 15 is 0 Å². The van der Waals surface area contributed by atoms with Crippen LogP contribution in [0.5, 0.6) is 0 Å². The Hall–Kier alpha value is -1.29. The topological polar surface area (TPSA) is 41.3 Å². The molecule has 96 valence electrons. The van der Waals surface area contributed by atoms with Gasteiger partial charge in [0.25, 0.3) is 0 Å². The smallest absolute Gasteiger partial charge is 0.125 e. The summed E-state index contributed by atoms with van der Waals surface area (Å²) < 4.78 is 12.9. The number of benzene rings is 1. The second-order valence-corrected chi connectivity index (χ2v) is 5.49. The van der Waals surface area contributed by atoms with Gasteiger partial charge in [-0.2, -0.15) is 0 Å². The van der Waals surface area contributed by atoms with Crippen LogP contribution in [0.15, 0.2) is 18.2 Å². The summed E-state index contributed by atoms with van der Waals surface area (Å²) >= 11 is 0. The van der Waals surface area contributed by atoms with Crippen LogP contribution in [0.3, 0.4) is 0 Å². The van der Waals surface area contributed by atoms with E-state index in [1.54, 1.807) is 6.07 Å². The highest BCUT2D eigenvalue weighted by molar-refractivity contribution is 5.65. The van der Waals surface area contributed by atoms with Crippen molar-refractivity contribution in [2.24, 2.45) is 5.41 Å². The minimum absolute atomic E-state index is 0.129. The number of nitrogens with zero attached hydrogens (tertiary/aromatic N) is 1. The van der Waals surface area contributed by atoms with Gasteiger partial charge in [-0.3, -0.25) is 0 Å².